The van der Waals surface area contributed by atoms with Gasteiger partial charge in [-0.05, 0) is 63.1 Å². The minimum absolute atomic E-state index is 0.0480. The van der Waals surface area contributed by atoms with Gasteiger partial charge in [-0.1, -0.05) is 0 Å². The van der Waals surface area contributed by atoms with Gasteiger partial charge in [-0.25, -0.2) is 17.9 Å². The summed E-state index contributed by atoms with van der Waals surface area (Å²) in [4.78, 5) is 25.0. The van der Waals surface area contributed by atoms with Gasteiger partial charge in [-0.2, -0.15) is 4.68 Å². The summed E-state index contributed by atoms with van der Waals surface area (Å²) in [5.41, 5.74) is -0.756. The van der Waals surface area contributed by atoms with Crippen molar-refractivity contribution in [2.75, 3.05) is 5.84 Å². The van der Waals surface area contributed by atoms with Crippen LogP contribution >= 0.6 is 0 Å². The topological polar surface area (TPSA) is 116 Å². The zero-order valence-electron chi connectivity index (χ0n) is 14.8. The fourth-order valence-corrected chi connectivity index (χ4v) is 4.93. The highest BCUT2D eigenvalue weighted by Gasteiger charge is 2.41. The quantitative estimate of drug-likeness (QED) is 0.732. The first-order valence-corrected chi connectivity index (χ1v) is 10.2. The minimum atomic E-state index is -3.77. The molecule has 0 aliphatic heterocycles. The van der Waals surface area contributed by atoms with E-state index in [2.05, 4.69) is 4.72 Å². The smallest absolute Gasteiger partial charge is 0.332 e. The molecule has 0 atom stereocenters. The van der Waals surface area contributed by atoms with Gasteiger partial charge >= 0.3 is 5.69 Å². The van der Waals surface area contributed by atoms with Gasteiger partial charge in [-0.15, -0.1) is 0 Å². The first-order chi connectivity index (χ1) is 12.1. The van der Waals surface area contributed by atoms with Crippen LogP contribution in [0.15, 0.2) is 26.6 Å². The molecule has 0 amide bonds. The Kier molecular flexibility index (Phi) is 3.61. The third-order valence-corrected chi connectivity index (χ3v) is 7.06. The van der Waals surface area contributed by atoms with Gasteiger partial charge in [0, 0.05) is 12.1 Å². The molecule has 1 aromatic heterocycles. The molecule has 2 aromatic rings. The number of rotatable bonds is 5. The van der Waals surface area contributed by atoms with Crippen LogP contribution in [-0.2, 0) is 16.6 Å². The minimum Gasteiger partial charge on any atom is -0.332 e. The van der Waals surface area contributed by atoms with Crippen molar-refractivity contribution in [1.82, 2.24) is 14.0 Å². The van der Waals surface area contributed by atoms with E-state index in [0.29, 0.717) is 28.2 Å². The average molecular weight is 378 g/mol. The summed E-state index contributed by atoms with van der Waals surface area (Å²) in [7, 11) is -3.77. The van der Waals surface area contributed by atoms with E-state index < -0.39 is 26.8 Å². The van der Waals surface area contributed by atoms with E-state index in [0.717, 1.165) is 25.7 Å². The standard InChI is InChI=1S/C17H22N4O4S/c1-10-7-13-12(8-14(10)26(24,25)19-17(2)5-6-17)15(22)21(18)16(23)20(13)9-11-3-4-11/h7-8,11,19H,3-6,9,18H2,1-2H3. The number of hydrogen-bond donors (Lipinski definition) is 2. The van der Waals surface area contributed by atoms with Crippen LogP contribution in [0.4, 0.5) is 0 Å². The second-order valence-corrected chi connectivity index (χ2v) is 9.46. The van der Waals surface area contributed by atoms with Crippen LogP contribution in [0.2, 0.25) is 0 Å². The average Bonchev–Trinajstić information content (AvgIpc) is 3.47. The predicted octanol–water partition coefficient (Wildman–Crippen LogP) is 0.426. The molecule has 2 fully saturated rings. The van der Waals surface area contributed by atoms with Gasteiger partial charge in [-0.3, -0.25) is 9.36 Å². The van der Waals surface area contributed by atoms with E-state index >= 15 is 0 Å². The number of benzene rings is 1. The Morgan fingerprint density at radius 1 is 1.27 bits per heavy atom. The molecule has 9 heteroatoms. The lowest BCUT2D eigenvalue weighted by Gasteiger charge is -2.16. The summed E-state index contributed by atoms with van der Waals surface area (Å²) in [5, 5.41) is 0.139. The molecule has 4 rings (SSSR count). The highest BCUT2D eigenvalue weighted by Crippen LogP contribution is 2.36. The first-order valence-electron chi connectivity index (χ1n) is 8.71. The molecule has 0 unspecified atom stereocenters. The third kappa shape index (κ3) is 2.84. The van der Waals surface area contributed by atoms with Crippen LogP contribution in [0.5, 0.6) is 0 Å². The zero-order valence-corrected chi connectivity index (χ0v) is 15.6. The van der Waals surface area contributed by atoms with E-state index in [1.54, 1.807) is 13.0 Å². The first kappa shape index (κ1) is 17.3. The molecule has 8 nitrogen and oxygen atoms in total. The van der Waals surface area contributed by atoms with Crippen molar-refractivity contribution in [3.05, 3.63) is 38.5 Å². The Labute approximate surface area is 150 Å². The molecule has 140 valence electrons. The number of nitrogens with two attached hydrogens (primary N) is 1. The normalized spacial score (nSPS) is 19.0. The van der Waals surface area contributed by atoms with Gasteiger partial charge in [0.25, 0.3) is 5.56 Å². The maximum Gasteiger partial charge on any atom is 0.350 e. The van der Waals surface area contributed by atoms with Crippen molar-refractivity contribution in [2.24, 2.45) is 5.92 Å². The van der Waals surface area contributed by atoms with Crippen LogP contribution in [0.1, 0.15) is 38.2 Å². The number of aryl methyl sites for hydroxylation is 1. The SMILES string of the molecule is Cc1cc2c(cc1S(=O)(=O)NC1(C)CC1)c(=O)n(N)c(=O)n2CC1CC1. The molecule has 0 radical (unpaired) electrons. The number of nitrogens with zero attached hydrogens (tertiary/aromatic N) is 2. The highest BCUT2D eigenvalue weighted by atomic mass is 32.2. The van der Waals surface area contributed by atoms with E-state index in [1.165, 1.54) is 10.6 Å². The monoisotopic (exact) mass is 378 g/mol. The zero-order chi connectivity index (χ0) is 18.9. The van der Waals surface area contributed by atoms with E-state index in [-0.39, 0.29) is 10.3 Å². The number of nitrogen functional groups attached to an aromatic ring is 1. The lowest BCUT2D eigenvalue weighted by molar-refractivity contribution is 0.557. The van der Waals surface area contributed by atoms with Gasteiger partial charge in [0.2, 0.25) is 10.0 Å². The summed E-state index contributed by atoms with van der Waals surface area (Å²) in [5.74, 6) is 6.06. The molecule has 26 heavy (non-hydrogen) atoms. The summed E-state index contributed by atoms with van der Waals surface area (Å²) >= 11 is 0. The molecule has 2 aliphatic rings. The number of hydrogen-bond acceptors (Lipinski definition) is 5. The van der Waals surface area contributed by atoms with Gasteiger partial charge < -0.3 is 5.84 Å². The number of sulfonamides is 1. The van der Waals surface area contributed by atoms with Crippen molar-refractivity contribution in [2.45, 2.75) is 56.5 Å². The molecular formula is C17H22N4O4S. The van der Waals surface area contributed by atoms with Crippen LogP contribution in [-0.4, -0.2) is 23.2 Å². The van der Waals surface area contributed by atoms with Crippen LogP contribution in [0.25, 0.3) is 10.9 Å². The lowest BCUT2D eigenvalue weighted by atomic mass is 10.1. The van der Waals surface area contributed by atoms with Crippen LogP contribution < -0.4 is 21.8 Å². The summed E-state index contributed by atoms with van der Waals surface area (Å²) in [6.45, 7) is 4.00. The maximum atomic E-state index is 12.8. The molecule has 0 bridgehead atoms. The summed E-state index contributed by atoms with van der Waals surface area (Å²) in [6, 6.07) is 2.94. The largest absolute Gasteiger partial charge is 0.350 e. The number of aromatic nitrogens is 2. The van der Waals surface area contributed by atoms with E-state index in [9.17, 15) is 18.0 Å². The predicted molar refractivity (Wildman–Crippen MR) is 98.0 cm³/mol. The molecule has 3 N–H and O–H groups in total. The summed E-state index contributed by atoms with van der Waals surface area (Å²) < 4.78 is 30.3. The summed E-state index contributed by atoms with van der Waals surface area (Å²) in [6.07, 6.45) is 3.64. The Hall–Kier alpha value is -2.13. The van der Waals surface area contributed by atoms with Gasteiger partial charge in [0.15, 0.2) is 0 Å². The maximum absolute atomic E-state index is 12.8. The van der Waals surface area contributed by atoms with Crippen LogP contribution in [0, 0.1) is 12.8 Å². The fraction of sp³-hybridized carbons (Fsp3) is 0.529. The lowest BCUT2D eigenvalue weighted by Crippen LogP contribution is -2.45. The third-order valence-electron chi connectivity index (χ3n) is 5.28. The van der Waals surface area contributed by atoms with E-state index in [4.69, 9.17) is 5.84 Å². The van der Waals surface area contributed by atoms with E-state index in [1.807, 2.05) is 6.92 Å². The molecule has 0 spiro atoms. The number of fused-ring (bicyclic) bond motifs is 1. The van der Waals surface area contributed by atoms with Crippen molar-refractivity contribution in [1.29, 1.82) is 0 Å². The molecule has 2 aliphatic carbocycles. The number of nitrogens with one attached hydrogen (secondary N) is 1. The van der Waals surface area contributed by atoms with Crippen LogP contribution in [0.3, 0.4) is 0 Å². The second kappa shape index (κ2) is 5.43. The molecule has 1 aromatic carbocycles. The molecule has 2 saturated carbocycles. The highest BCUT2D eigenvalue weighted by molar-refractivity contribution is 7.89. The second-order valence-electron chi connectivity index (χ2n) is 7.81. The Balaban J connectivity index is 1.94. The Bertz CT molecular complexity index is 1140. The Morgan fingerprint density at radius 3 is 2.50 bits per heavy atom. The van der Waals surface area contributed by atoms with Crippen molar-refractivity contribution in [3.8, 4) is 0 Å². The fourth-order valence-electron chi connectivity index (χ4n) is 3.21. The molecular weight excluding hydrogens is 356 g/mol. The van der Waals surface area contributed by atoms with Crippen molar-refractivity contribution >= 4 is 20.9 Å². The Morgan fingerprint density at radius 2 is 1.92 bits per heavy atom. The van der Waals surface area contributed by atoms with Gasteiger partial charge in [0.05, 0.1) is 15.8 Å². The van der Waals surface area contributed by atoms with Crippen molar-refractivity contribution < 1.29 is 8.42 Å². The van der Waals surface area contributed by atoms with Gasteiger partial charge in [0.1, 0.15) is 0 Å². The molecule has 0 saturated heterocycles. The van der Waals surface area contributed by atoms with Crippen molar-refractivity contribution in [3.63, 3.8) is 0 Å². The molecule has 1 heterocycles.